The van der Waals surface area contributed by atoms with Crippen LogP contribution in [0, 0.1) is 11.3 Å². The second-order valence-electron chi connectivity index (χ2n) is 15.8. The Balaban J connectivity index is 0.918. The first-order valence-electron chi connectivity index (χ1n) is 19.2. The smallest absolute Gasteiger partial charge is 0.294 e. The zero-order valence-electron chi connectivity index (χ0n) is 32.5. The molecule has 298 valence electrons. The normalized spacial score (nSPS) is 20.5. The van der Waals surface area contributed by atoms with Crippen LogP contribution in [0.1, 0.15) is 70.5 Å². The van der Waals surface area contributed by atoms with Crippen LogP contribution in [-0.2, 0) is 21.4 Å². The van der Waals surface area contributed by atoms with Crippen LogP contribution in [-0.4, -0.2) is 79.9 Å². The summed E-state index contributed by atoms with van der Waals surface area (Å²) < 4.78 is 15.5. The van der Waals surface area contributed by atoms with E-state index >= 15 is 0 Å². The predicted octanol–water partition coefficient (Wildman–Crippen LogP) is 4.77. The standard InChI is InChI=1S/C40H45ClN10O6/c1-21(2)51-36-23(13-31(38(51)55)56-18-33(53)42-4)12-24(16-43-36)45-35-28(41)17-44-39(47-35)50-19-40(20-50)11-10-30(22(3)15-40)57-25-6-7-26-29(14-25)49(5)48-34(26)27-8-9-32(52)46-37(27)54/h6-7,12-14,16-17,21-22,27,30H,8-11,15,18-20H2,1-5H3,(H,42,53)(H,44,45,47)(H,46,52,54)/t22-,27-,30-/m1/s1. The molecule has 0 radical (unpaired) electrons. The van der Waals surface area contributed by atoms with Gasteiger partial charge in [-0.15, -0.1) is 0 Å². The van der Waals surface area contributed by atoms with Crippen molar-refractivity contribution in [3.05, 3.63) is 63.8 Å². The molecule has 8 rings (SSSR count). The zero-order valence-corrected chi connectivity index (χ0v) is 33.2. The SMILES string of the molecule is CNC(=O)COc1cc2cc(Nc3nc(N4CC5(CC[C@@H](Oc6ccc7c([C@H]8CCC(=O)NC8=O)nn(C)c7c6)[C@H](C)C5)C4)ncc3Cl)cnc2n(C(C)C)c1=O. The number of hydrogen-bond acceptors (Lipinski definition) is 12. The molecule has 3 amide bonds. The second-order valence-corrected chi connectivity index (χ2v) is 16.2. The third-order valence-electron chi connectivity index (χ3n) is 11.4. The van der Waals surface area contributed by atoms with Crippen LogP contribution in [0.25, 0.3) is 21.9 Å². The van der Waals surface area contributed by atoms with Crippen LogP contribution in [0.3, 0.4) is 0 Å². The van der Waals surface area contributed by atoms with Crippen molar-refractivity contribution < 1.29 is 23.9 Å². The van der Waals surface area contributed by atoms with Crippen molar-refractivity contribution in [1.29, 1.82) is 0 Å². The summed E-state index contributed by atoms with van der Waals surface area (Å²) in [6.07, 6.45) is 6.93. The summed E-state index contributed by atoms with van der Waals surface area (Å²) in [6, 6.07) is 9.12. The summed E-state index contributed by atoms with van der Waals surface area (Å²) in [5, 5.41) is 14.7. The number of ether oxygens (including phenoxy) is 2. The Morgan fingerprint density at radius 3 is 2.65 bits per heavy atom. The van der Waals surface area contributed by atoms with Gasteiger partial charge >= 0.3 is 0 Å². The number of pyridine rings is 2. The minimum atomic E-state index is -0.455. The fourth-order valence-electron chi connectivity index (χ4n) is 8.54. The lowest BCUT2D eigenvalue weighted by atomic mass is 9.64. The van der Waals surface area contributed by atoms with Crippen LogP contribution in [0.2, 0.25) is 5.02 Å². The van der Waals surface area contributed by atoms with Gasteiger partial charge in [0.2, 0.25) is 17.8 Å². The molecule has 5 aromatic rings. The topological polar surface area (TPSA) is 187 Å². The Hall–Kier alpha value is -5.77. The van der Waals surface area contributed by atoms with E-state index in [0.29, 0.717) is 58.0 Å². The number of amides is 3. The molecule has 1 spiro atoms. The van der Waals surface area contributed by atoms with E-state index in [1.54, 1.807) is 23.1 Å². The van der Waals surface area contributed by atoms with Crippen LogP contribution < -0.4 is 35.9 Å². The number of nitrogens with zero attached hydrogens (tertiary/aromatic N) is 7. The number of rotatable bonds is 10. The molecule has 3 aliphatic rings. The molecule has 4 aromatic heterocycles. The van der Waals surface area contributed by atoms with E-state index in [0.717, 1.165) is 49.0 Å². The number of imide groups is 1. The lowest BCUT2D eigenvalue weighted by Gasteiger charge is -2.55. The molecule has 1 aliphatic carbocycles. The van der Waals surface area contributed by atoms with Crippen molar-refractivity contribution >= 4 is 68.7 Å². The van der Waals surface area contributed by atoms with Gasteiger partial charge in [0.1, 0.15) is 22.5 Å². The molecule has 2 aliphatic heterocycles. The lowest BCUT2D eigenvalue weighted by Crippen LogP contribution is -2.60. The van der Waals surface area contributed by atoms with E-state index < -0.39 is 5.92 Å². The number of anilines is 3. The Kier molecular flexibility index (Phi) is 10.0. The number of aryl methyl sites for hydroxylation is 1. The van der Waals surface area contributed by atoms with Gasteiger partial charge in [0.25, 0.3) is 11.5 Å². The number of nitrogens with one attached hydrogen (secondary N) is 3. The van der Waals surface area contributed by atoms with Crippen molar-refractivity contribution in [2.45, 2.75) is 70.9 Å². The van der Waals surface area contributed by atoms with Gasteiger partial charge in [-0.1, -0.05) is 18.5 Å². The molecule has 1 saturated carbocycles. The number of fused-ring (bicyclic) bond motifs is 2. The number of carbonyl (C=O) groups is 3. The molecule has 6 heterocycles. The number of piperidine rings is 1. The highest BCUT2D eigenvalue weighted by atomic mass is 35.5. The van der Waals surface area contributed by atoms with Gasteiger partial charge in [0.05, 0.1) is 35.2 Å². The van der Waals surface area contributed by atoms with Crippen molar-refractivity contribution in [3.8, 4) is 11.5 Å². The van der Waals surface area contributed by atoms with Crippen LogP contribution in [0.5, 0.6) is 11.5 Å². The third-order valence-corrected chi connectivity index (χ3v) is 11.7. The third kappa shape index (κ3) is 7.33. The fraction of sp³-hybridized carbons (Fsp3) is 0.450. The number of carbonyl (C=O) groups excluding carboxylic acids is 3. The van der Waals surface area contributed by atoms with Crippen molar-refractivity contribution in [1.82, 2.24) is 39.9 Å². The largest absolute Gasteiger partial charge is 0.490 e. The maximum Gasteiger partial charge on any atom is 0.294 e. The molecule has 3 fully saturated rings. The van der Waals surface area contributed by atoms with Crippen molar-refractivity contribution in [2.24, 2.45) is 18.4 Å². The Morgan fingerprint density at radius 1 is 1.11 bits per heavy atom. The maximum atomic E-state index is 13.2. The highest BCUT2D eigenvalue weighted by Crippen LogP contribution is 2.48. The molecule has 57 heavy (non-hydrogen) atoms. The molecular weight excluding hydrogens is 752 g/mol. The average molecular weight is 797 g/mol. The Bertz CT molecular complexity index is 2480. The van der Waals surface area contributed by atoms with E-state index in [4.69, 9.17) is 26.1 Å². The second kappa shape index (κ2) is 15.0. The summed E-state index contributed by atoms with van der Waals surface area (Å²) in [5.74, 6) is 0.791. The first-order valence-corrected chi connectivity index (χ1v) is 19.6. The summed E-state index contributed by atoms with van der Waals surface area (Å²) in [6.45, 7) is 7.36. The monoisotopic (exact) mass is 796 g/mol. The average Bonchev–Trinajstić information content (AvgIpc) is 3.49. The van der Waals surface area contributed by atoms with Gasteiger partial charge in [-0.2, -0.15) is 10.1 Å². The van der Waals surface area contributed by atoms with Gasteiger partial charge in [-0.3, -0.25) is 33.7 Å². The predicted molar refractivity (Wildman–Crippen MR) is 214 cm³/mol. The molecule has 16 nitrogen and oxygen atoms in total. The van der Waals surface area contributed by atoms with Crippen molar-refractivity contribution in [2.75, 3.05) is 37.0 Å². The number of hydrogen-bond donors (Lipinski definition) is 3. The highest BCUT2D eigenvalue weighted by molar-refractivity contribution is 6.33. The van der Waals surface area contributed by atoms with E-state index in [9.17, 15) is 19.2 Å². The van der Waals surface area contributed by atoms with E-state index in [1.807, 2.05) is 45.2 Å². The molecule has 1 aromatic carbocycles. The lowest BCUT2D eigenvalue weighted by molar-refractivity contribution is -0.134. The quantitative estimate of drug-likeness (QED) is 0.165. The fourth-order valence-corrected chi connectivity index (χ4v) is 8.68. The highest BCUT2D eigenvalue weighted by Gasteiger charge is 2.49. The van der Waals surface area contributed by atoms with E-state index in [-0.39, 0.29) is 53.2 Å². The Morgan fingerprint density at radius 2 is 1.91 bits per heavy atom. The summed E-state index contributed by atoms with van der Waals surface area (Å²) in [7, 11) is 3.36. The molecule has 3 N–H and O–H groups in total. The molecule has 2 saturated heterocycles. The number of benzene rings is 1. The first-order chi connectivity index (χ1) is 27.3. The minimum absolute atomic E-state index is 0.0519. The van der Waals surface area contributed by atoms with Crippen LogP contribution >= 0.6 is 11.6 Å². The van der Waals surface area contributed by atoms with Gasteiger partial charge < -0.3 is 25.0 Å². The van der Waals surface area contributed by atoms with Crippen molar-refractivity contribution in [3.63, 3.8) is 0 Å². The number of aromatic nitrogens is 6. The van der Waals surface area contributed by atoms with Gasteiger partial charge in [0.15, 0.2) is 18.2 Å². The van der Waals surface area contributed by atoms with Crippen LogP contribution in [0.4, 0.5) is 17.5 Å². The van der Waals surface area contributed by atoms with Gasteiger partial charge in [-0.25, -0.2) is 9.97 Å². The van der Waals surface area contributed by atoms with Gasteiger partial charge in [0, 0.05) is 61.9 Å². The number of halogens is 1. The molecule has 3 atom stereocenters. The summed E-state index contributed by atoms with van der Waals surface area (Å²) in [4.78, 5) is 65.4. The molecular formula is C40H45ClN10O6. The molecule has 17 heteroatoms. The van der Waals surface area contributed by atoms with Crippen LogP contribution in [0.15, 0.2) is 47.5 Å². The van der Waals surface area contributed by atoms with E-state index in [1.165, 1.54) is 11.6 Å². The summed E-state index contributed by atoms with van der Waals surface area (Å²) >= 11 is 6.58. The maximum absolute atomic E-state index is 13.2. The zero-order chi connectivity index (χ0) is 40.2. The van der Waals surface area contributed by atoms with E-state index in [2.05, 4.69) is 42.8 Å². The molecule has 0 bridgehead atoms. The first kappa shape index (κ1) is 38.1. The molecule has 0 unspecified atom stereocenters. The number of likely N-dealkylation sites (N-methyl/N-ethyl adjacent to an activating group) is 1. The summed E-state index contributed by atoms with van der Waals surface area (Å²) in [5.41, 5.74) is 2.41. The Labute approximate surface area is 333 Å². The minimum Gasteiger partial charge on any atom is -0.490 e. The van der Waals surface area contributed by atoms with Gasteiger partial charge in [-0.05, 0) is 69.7 Å².